The van der Waals surface area contributed by atoms with Gasteiger partial charge in [-0.05, 0) is 0 Å². The van der Waals surface area contributed by atoms with E-state index in [0.29, 0.717) is 0 Å². The van der Waals surface area contributed by atoms with Gasteiger partial charge in [-0.1, -0.05) is 0 Å². The van der Waals surface area contributed by atoms with Crippen molar-refractivity contribution >= 4 is 0 Å². The van der Waals surface area contributed by atoms with Gasteiger partial charge in [0.1, 0.15) is 0 Å². The van der Waals surface area contributed by atoms with Crippen LogP contribution in [0.1, 0.15) is 0 Å². The van der Waals surface area contributed by atoms with Crippen molar-refractivity contribution in [2.75, 3.05) is 0 Å². The molecule has 0 radical (unpaired) electrons. The van der Waals surface area contributed by atoms with Crippen LogP contribution in [0, 0.1) is 0 Å². The van der Waals surface area contributed by atoms with Gasteiger partial charge in [0.25, 0.3) is 0 Å². The molecule has 0 bridgehead atoms. The molecule has 0 fully saturated rings. The van der Waals surface area contributed by atoms with Crippen molar-refractivity contribution in [3.05, 3.63) is 54.6 Å². The van der Waals surface area contributed by atoms with E-state index in [1.54, 1.807) is 0 Å². The van der Waals surface area contributed by atoms with E-state index < -0.39 is 18.3 Å². The Hall–Kier alpha value is -1.05. The summed E-state index contributed by atoms with van der Waals surface area (Å²) in [5, 5.41) is 4.41. The van der Waals surface area contributed by atoms with Crippen LogP contribution < -0.4 is 3.32 Å². The van der Waals surface area contributed by atoms with Crippen molar-refractivity contribution in [3.63, 3.8) is 0 Å². The minimum atomic E-state index is -1.26. The van der Waals surface area contributed by atoms with E-state index >= 15 is 0 Å². The average molecular weight is 247 g/mol. The van der Waals surface area contributed by atoms with Gasteiger partial charge in [0.2, 0.25) is 0 Å². The van der Waals surface area contributed by atoms with Gasteiger partial charge in [0.05, 0.1) is 0 Å². The third kappa shape index (κ3) is 2.97. The SMILES string of the molecule is [CH3][Ti]([CH3])[O]c1cccc(-c2ccccc2)c1. The maximum absolute atomic E-state index is 5.84. The molecule has 0 aliphatic rings. The summed E-state index contributed by atoms with van der Waals surface area (Å²) < 4.78 is 5.84. The predicted molar refractivity (Wildman–Crippen MR) is 64.2 cm³/mol. The van der Waals surface area contributed by atoms with Crippen molar-refractivity contribution in [1.29, 1.82) is 0 Å². The van der Waals surface area contributed by atoms with Crippen molar-refractivity contribution in [2.24, 2.45) is 0 Å². The molecule has 2 heteroatoms. The second kappa shape index (κ2) is 5.33. The van der Waals surface area contributed by atoms with Gasteiger partial charge >= 0.3 is 104 Å². The van der Waals surface area contributed by atoms with Crippen molar-refractivity contribution in [1.82, 2.24) is 0 Å². The molecule has 0 saturated heterocycles. The molecule has 0 aromatic heterocycles. The number of hydrogen-bond donors (Lipinski definition) is 0. The molecule has 2 rings (SSSR count). The number of rotatable bonds is 3. The van der Waals surface area contributed by atoms with Crippen LogP contribution in [0.15, 0.2) is 54.6 Å². The first-order chi connectivity index (χ1) is 7.75. The van der Waals surface area contributed by atoms with Crippen molar-refractivity contribution < 1.29 is 21.6 Å². The molecule has 0 N–H and O–H groups in total. The average Bonchev–Trinajstić information content (AvgIpc) is 2.30. The van der Waals surface area contributed by atoms with E-state index in [9.17, 15) is 0 Å². The third-order valence-corrected chi connectivity index (χ3v) is 3.27. The molecule has 16 heavy (non-hydrogen) atoms. The summed E-state index contributed by atoms with van der Waals surface area (Å²) in [5.74, 6) is 1.00. The molecular weight excluding hydrogens is 232 g/mol. The molecule has 2 aromatic rings. The molecule has 0 heterocycles. The van der Waals surface area contributed by atoms with Gasteiger partial charge in [0, 0.05) is 0 Å². The topological polar surface area (TPSA) is 9.23 Å². The second-order valence-corrected chi connectivity index (χ2v) is 7.06. The standard InChI is InChI=1S/C12H10O.2CH3.Ti/c13-12-8-4-7-11(9-12)10-5-2-1-3-6-10;;;/h1-9,13H;2*1H3;/q;;;+1/p-1. The fraction of sp³-hybridized carbons (Fsp3) is 0.143. The summed E-state index contributed by atoms with van der Waals surface area (Å²) in [6, 6.07) is 18.7. The van der Waals surface area contributed by atoms with E-state index in [1.165, 1.54) is 11.1 Å². The molecular formula is C14H15OTi. The van der Waals surface area contributed by atoms with E-state index in [2.05, 4.69) is 52.9 Å². The molecule has 0 aliphatic heterocycles. The minimum absolute atomic E-state index is 1.00. The van der Waals surface area contributed by atoms with Crippen LogP contribution >= 0.6 is 0 Å². The Morgan fingerprint density at radius 1 is 0.812 bits per heavy atom. The van der Waals surface area contributed by atoms with Gasteiger partial charge in [-0.3, -0.25) is 0 Å². The zero-order valence-corrected chi connectivity index (χ0v) is 11.2. The first kappa shape index (κ1) is 11.4. The monoisotopic (exact) mass is 247 g/mol. The Labute approximate surface area is 103 Å². The van der Waals surface area contributed by atoms with Gasteiger partial charge in [-0.25, -0.2) is 0 Å². The van der Waals surface area contributed by atoms with E-state index in [-0.39, 0.29) is 0 Å². The normalized spacial score (nSPS) is 9.88. The van der Waals surface area contributed by atoms with Crippen molar-refractivity contribution in [2.45, 2.75) is 10.5 Å². The summed E-state index contributed by atoms with van der Waals surface area (Å²) in [6.45, 7) is 0. The van der Waals surface area contributed by atoms with Crippen LogP contribution in [-0.2, 0) is 18.3 Å². The zero-order valence-electron chi connectivity index (χ0n) is 9.60. The fourth-order valence-electron chi connectivity index (χ4n) is 1.61. The summed E-state index contributed by atoms with van der Waals surface area (Å²) >= 11 is -1.26. The first-order valence-corrected chi connectivity index (χ1v) is 9.15. The molecule has 0 saturated carbocycles. The third-order valence-electron chi connectivity index (χ3n) is 2.26. The quantitative estimate of drug-likeness (QED) is 0.732. The Kier molecular flexibility index (Phi) is 3.81. The van der Waals surface area contributed by atoms with Gasteiger partial charge in [-0.15, -0.1) is 0 Å². The van der Waals surface area contributed by atoms with Gasteiger partial charge < -0.3 is 0 Å². The molecule has 1 nitrogen and oxygen atoms in total. The maximum atomic E-state index is 5.84. The molecule has 0 atom stereocenters. The molecule has 0 unspecified atom stereocenters. The molecule has 0 aliphatic carbocycles. The van der Waals surface area contributed by atoms with Crippen LogP contribution in [0.3, 0.4) is 0 Å². The number of hydrogen-bond acceptors (Lipinski definition) is 1. The van der Waals surface area contributed by atoms with Crippen LogP contribution in [0.2, 0.25) is 10.5 Å². The molecule has 81 valence electrons. The van der Waals surface area contributed by atoms with Crippen molar-refractivity contribution in [3.8, 4) is 16.9 Å². The zero-order chi connectivity index (χ0) is 11.4. The van der Waals surface area contributed by atoms with Gasteiger partial charge in [0.15, 0.2) is 0 Å². The summed E-state index contributed by atoms with van der Waals surface area (Å²) in [5.41, 5.74) is 2.46. The summed E-state index contributed by atoms with van der Waals surface area (Å²) in [4.78, 5) is 0. The first-order valence-electron chi connectivity index (χ1n) is 5.39. The van der Waals surface area contributed by atoms with Crippen LogP contribution in [0.4, 0.5) is 0 Å². The van der Waals surface area contributed by atoms with E-state index in [0.717, 1.165) is 5.75 Å². The van der Waals surface area contributed by atoms with Crippen LogP contribution in [0.25, 0.3) is 11.1 Å². The summed E-state index contributed by atoms with van der Waals surface area (Å²) in [7, 11) is 0. The number of benzene rings is 2. The van der Waals surface area contributed by atoms with Gasteiger partial charge in [-0.2, -0.15) is 0 Å². The predicted octanol–water partition coefficient (Wildman–Crippen LogP) is 4.36. The molecule has 0 amide bonds. The van der Waals surface area contributed by atoms with Crippen LogP contribution in [-0.4, -0.2) is 0 Å². The fourth-order valence-corrected chi connectivity index (χ4v) is 2.54. The Bertz CT molecular complexity index is 451. The van der Waals surface area contributed by atoms with E-state index in [4.69, 9.17) is 3.32 Å². The van der Waals surface area contributed by atoms with Crippen LogP contribution in [0.5, 0.6) is 5.75 Å². The summed E-state index contributed by atoms with van der Waals surface area (Å²) in [6.07, 6.45) is 0. The second-order valence-electron chi connectivity index (χ2n) is 3.90. The molecule has 2 aromatic carbocycles. The Morgan fingerprint density at radius 3 is 2.19 bits per heavy atom. The Morgan fingerprint density at radius 2 is 1.50 bits per heavy atom. The molecule has 0 spiro atoms. The Balaban J connectivity index is 2.29. The van der Waals surface area contributed by atoms with E-state index in [1.807, 2.05) is 12.1 Å².